The molecule has 0 radical (unpaired) electrons. The molecule has 1 unspecified atom stereocenters. The summed E-state index contributed by atoms with van der Waals surface area (Å²) in [6, 6.07) is -2.29. The minimum absolute atomic E-state index is 0.0232. The van der Waals surface area contributed by atoms with Crippen molar-refractivity contribution in [2.45, 2.75) is 160 Å². The van der Waals surface area contributed by atoms with Gasteiger partial charge < -0.3 is 15.5 Å². The van der Waals surface area contributed by atoms with Crippen LogP contribution in [0, 0.1) is 29.1 Å². The van der Waals surface area contributed by atoms with E-state index in [1.54, 1.807) is 31.7 Å². The number of Topliss-reactive ketones (excluding diaryl/α,β-unsaturated/α-hetero) is 3. The molecule has 50 heavy (non-hydrogen) atoms. The van der Waals surface area contributed by atoms with Crippen LogP contribution in [0.4, 0.5) is 4.79 Å². The fourth-order valence-electron chi connectivity index (χ4n) is 8.64. The monoisotopic (exact) mass is 717 g/mol. The lowest BCUT2D eigenvalue weighted by atomic mass is 9.75. The summed E-state index contributed by atoms with van der Waals surface area (Å²) in [5.41, 5.74) is -1.66. The van der Waals surface area contributed by atoms with E-state index in [4.69, 9.17) is 0 Å². The van der Waals surface area contributed by atoms with Crippen molar-refractivity contribution in [2.24, 2.45) is 29.1 Å². The van der Waals surface area contributed by atoms with Crippen molar-refractivity contribution in [1.82, 2.24) is 15.5 Å². The van der Waals surface area contributed by atoms with Gasteiger partial charge in [0, 0.05) is 25.3 Å². The van der Waals surface area contributed by atoms with Gasteiger partial charge in [-0.3, -0.25) is 19.2 Å². The second-order valence-electron chi connectivity index (χ2n) is 17.9. The minimum Gasteiger partial charge on any atom is -0.332 e. The molecular formula is C39H63N3O7S. The van der Waals surface area contributed by atoms with Crippen LogP contribution in [-0.2, 0) is 29.0 Å². The van der Waals surface area contributed by atoms with Crippen molar-refractivity contribution >= 4 is 39.1 Å². The fraction of sp³-hybridized carbons (Fsp3) is 0.821. The lowest BCUT2D eigenvalue weighted by molar-refractivity contribution is -0.144. The lowest BCUT2D eigenvalue weighted by Crippen LogP contribution is -2.63. The summed E-state index contributed by atoms with van der Waals surface area (Å²) in [4.78, 5) is 70.6. The molecule has 1 aliphatic heterocycles. The topological polar surface area (TPSA) is 147 Å². The number of nitrogens with one attached hydrogen (secondary N) is 2. The number of carbonyl (C=O) groups is 5. The molecule has 1 saturated heterocycles. The molecule has 4 rings (SSSR count). The van der Waals surface area contributed by atoms with Crippen LogP contribution in [0.2, 0.25) is 0 Å². The van der Waals surface area contributed by atoms with Gasteiger partial charge in [-0.1, -0.05) is 71.8 Å². The molecule has 10 nitrogen and oxygen atoms in total. The minimum atomic E-state index is -3.55. The van der Waals surface area contributed by atoms with Gasteiger partial charge in [0.05, 0.1) is 22.1 Å². The van der Waals surface area contributed by atoms with Crippen molar-refractivity contribution in [3.05, 3.63) is 12.7 Å². The number of sulfone groups is 1. The molecule has 2 N–H and O–H groups in total. The average molecular weight is 718 g/mol. The molecule has 4 aliphatic rings. The Morgan fingerprint density at radius 3 is 2.12 bits per heavy atom. The maximum atomic E-state index is 14.6. The maximum absolute atomic E-state index is 14.6. The molecule has 3 aliphatic carbocycles. The Balaban J connectivity index is 1.56. The van der Waals surface area contributed by atoms with Crippen molar-refractivity contribution in [1.29, 1.82) is 0 Å². The molecule has 5 atom stereocenters. The van der Waals surface area contributed by atoms with Crippen molar-refractivity contribution in [3.8, 4) is 0 Å². The molecule has 0 aromatic carbocycles. The van der Waals surface area contributed by atoms with Gasteiger partial charge in [-0.05, 0) is 82.5 Å². The summed E-state index contributed by atoms with van der Waals surface area (Å²) in [7, 11) is -3.55. The number of rotatable bonds is 15. The fourth-order valence-corrected chi connectivity index (χ4v) is 10.2. The van der Waals surface area contributed by atoms with E-state index in [1.807, 2.05) is 20.8 Å². The van der Waals surface area contributed by atoms with Gasteiger partial charge in [-0.2, -0.15) is 0 Å². The zero-order valence-corrected chi connectivity index (χ0v) is 32.3. The Bertz CT molecular complexity index is 1400. The van der Waals surface area contributed by atoms with Crippen molar-refractivity contribution in [2.75, 3.05) is 12.3 Å². The van der Waals surface area contributed by atoms with Gasteiger partial charge in [0.1, 0.15) is 6.04 Å². The first-order valence-electron chi connectivity index (χ1n) is 19.1. The van der Waals surface area contributed by atoms with E-state index >= 15 is 0 Å². The molecule has 282 valence electrons. The van der Waals surface area contributed by atoms with E-state index in [0.29, 0.717) is 38.1 Å². The number of ketones is 3. The number of allylic oxidation sites excluding steroid dienone is 1. The number of carbonyl (C=O) groups excluding carboxylic acids is 5. The highest BCUT2D eigenvalue weighted by Crippen LogP contribution is 2.44. The zero-order valence-electron chi connectivity index (χ0n) is 31.5. The van der Waals surface area contributed by atoms with E-state index in [0.717, 1.165) is 57.8 Å². The SMILES string of the molecule is C=CCCC(=O)C(=O)C(CC(=O)[C@@H]1[C@H]2CCC[C@H]2CN1C(=O)[C@@H](NC(=O)NC1(CS(=O)(=O)C(C)(C)C)CCCCC1)C(C)(C)C)CC1CCC1. The first-order valence-corrected chi connectivity index (χ1v) is 20.8. The normalized spacial score (nSPS) is 25.2. The first-order chi connectivity index (χ1) is 23.3. The number of amides is 3. The largest absolute Gasteiger partial charge is 0.332 e. The van der Waals surface area contributed by atoms with Gasteiger partial charge in [0.15, 0.2) is 21.4 Å². The molecule has 11 heteroatoms. The van der Waals surface area contributed by atoms with Gasteiger partial charge in [0.25, 0.3) is 0 Å². The standard InChI is InChI=1S/C39H63N3O7S/c1-8-9-19-30(43)33(45)28(22-26-15-13-16-26)23-31(44)32-29-18-14-17-27(29)24-42(32)35(46)34(37(2,3)4)40-36(47)41-39(20-11-10-12-21-39)25-50(48,49)38(5,6)7/h8,26-29,32,34H,1,9-25H2,2-7H3,(H2,40,41,47)/t27-,28?,29-,32-,34+/m0/s1. The average Bonchev–Trinajstić information content (AvgIpc) is 3.59. The molecule has 3 saturated carbocycles. The number of hydrogen-bond donors (Lipinski definition) is 2. The summed E-state index contributed by atoms with van der Waals surface area (Å²) in [5.74, 6) is -1.87. The summed E-state index contributed by atoms with van der Waals surface area (Å²) < 4.78 is 25.7. The van der Waals surface area contributed by atoms with Crippen LogP contribution < -0.4 is 10.6 Å². The van der Waals surface area contributed by atoms with E-state index in [-0.39, 0.29) is 42.1 Å². The second kappa shape index (κ2) is 16.0. The Kier molecular flexibility index (Phi) is 12.9. The van der Waals surface area contributed by atoms with Crippen molar-refractivity contribution < 1.29 is 32.4 Å². The quantitative estimate of drug-likeness (QED) is 0.153. The predicted molar refractivity (Wildman–Crippen MR) is 195 cm³/mol. The van der Waals surface area contributed by atoms with Crippen molar-refractivity contribution in [3.63, 3.8) is 0 Å². The third-order valence-electron chi connectivity index (χ3n) is 12.0. The molecule has 0 aromatic heterocycles. The van der Waals surface area contributed by atoms with Crippen LogP contribution in [0.3, 0.4) is 0 Å². The Labute approximate surface area is 300 Å². The van der Waals surface area contributed by atoms with Crippen LogP contribution in [0.1, 0.15) is 138 Å². The number of nitrogens with zero attached hydrogens (tertiary/aromatic N) is 1. The second-order valence-corrected chi connectivity index (χ2v) is 20.7. The van der Waals surface area contributed by atoms with Gasteiger partial charge in [-0.25, -0.2) is 13.2 Å². The molecule has 0 aromatic rings. The van der Waals surface area contributed by atoms with E-state index in [9.17, 15) is 32.4 Å². The van der Waals surface area contributed by atoms with Gasteiger partial charge in [-0.15, -0.1) is 6.58 Å². The van der Waals surface area contributed by atoms with Gasteiger partial charge in [0.2, 0.25) is 11.7 Å². The highest BCUT2D eigenvalue weighted by molar-refractivity contribution is 7.92. The summed E-state index contributed by atoms with van der Waals surface area (Å²) >= 11 is 0. The van der Waals surface area contributed by atoms with E-state index in [2.05, 4.69) is 17.2 Å². The highest BCUT2D eigenvalue weighted by Gasteiger charge is 2.52. The summed E-state index contributed by atoms with van der Waals surface area (Å²) in [5, 5.41) is 5.97. The van der Waals surface area contributed by atoms with Crippen LogP contribution in [-0.4, -0.2) is 77.3 Å². The molecule has 4 fully saturated rings. The number of likely N-dealkylation sites (tertiary alicyclic amines) is 1. The Morgan fingerprint density at radius 2 is 1.56 bits per heavy atom. The Hall–Kier alpha value is -2.56. The molecule has 0 spiro atoms. The first kappa shape index (κ1) is 40.2. The highest BCUT2D eigenvalue weighted by atomic mass is 32.2. The maximum Gasteiger partial charge on any atom is 0.315 e. The van der Waals surface area contributed by atoms with Crippen LogP contribution >= 0.6 is 0 Å². The van der Waals surface area contributed by atoms with E-state index in [1.165, 1.54) is 0 Å². The third kappa shape index (κ3) is 9.45. The molecular weight excluding hydrogens is 655 g/mol. The lowest BCUT2D eigenvalue weighted by Gasteiger charge is -2.41. The molecule has 3 amide bonds. The number of urea groups is 1. The predicted octanol–water partition coefficient (Wildman–Crippen LogP) is 6.11. The van der Waals surface area contributed by atoms with Gasteiger partial charge >= 0.3 is 6.03 Å². The third-order valence-corrected chi connectivity index (χ3v) is 14.8. The van der Waals surface area contributed by atoms with Crippen LogP contribution in [0.25, 0.3) is 0 Å². The Morgan fingerprint density at radius 1 is 0.920 bits per heavy atom. The smallest absolute Gasteiger partial charge is 0.315 e. The summed E-state index contributed by atoms with van der Waals surface area (Å²) in [6.45, 7) is 14.7. The van der Waals surface area contributed by atoms with E-state index < -0.39 is 61.1 Å². The molecule has 1 heterocycles. The van der Waals surface area contributed by atoms with Crippen LogP contribution in [0.5, 0.6) is 0 Å². The van der Waals surface area contributed by atoms with Crippen LogP contribution in [0.15, 0.2) is 12.7 Å². The zero-order chi connectivity index (χ0) is 37.1. The molecule has 0 bridgehead atoms. The summed E-state index contributed by atoms with van der Waals surface area (Å²) in [6.07, 6.45) is 11.9. The number of fused-ring (bicyclic) bond motifs is 1. The number of hydrogen-bond acceptors (Lipinski definition) is 7.